The van der Waals surface area contributed by atoms with Crippen LogP contribution in [0.4, 0.5) is 8.78 Å². The summed E-state index contributed by atoms with van der Waals surface area (Å²) in [6.07, 6.45) is 0. The van der Waals surface area contributed by atoms with Crippen LogP contribution in [-0.2, 0) is 4.74 Å². The molecule has 9 heavy (non-hydrogen) atoms. The van der Waals surface area contributed by atoms with E-state index in [1.807, 2.05) is 0 Å². The normalized spacial score (nSPS) is 18.0. The zero-order valence-corrected chi connectivity index (χ0v) is 5.53. The van der Waals surface area contributed by atoms with Crippen molar-refractivity contribution < 1.29 is 18.6 Å². The summed E-state index contributed by atoms with van der Waals surface area (Å²) in [6, 6.07) is 0. The van der Waals surface area contributed by atoms with Gasteiger partial charge in [0.05, 0.1) is 5.88 Å². The third kappa shape index (κ3) is 4.57. The molecule has 0 bridgehead atoms. The summed E-state index contributed by atoms with van der Waals surface area (Å²) in [4.78, 5) is 0. The molecule has 0 rings (SSSR count). The van der Waals surface area contributed by atoms with Gasteiger partial charge in [0.1, 0.15) is 0 Å². The molecule has 0 fully saturated rings. The van der Waals surface area contributed by atoms with Crippen LogP contribution in [0.5, 0.6) is 0 Å². The minimum atomic E-state index is -2.99. The van der Waals surface area contributed by atoms with Gasteiger partial charge >= 0.3 is 6.61 Å². The Morgan fingerprint density at radius 3 is 2.33 bits per heavy atom. The van der Waals surface area contributed by atoms with Crippen LogP contribution in [0.3, 0.4) is 0 Å². The van der Waals surface area contributed by atoms with Crippen molar-refractivity contribution in [2.75, 3.05) is 5.88 Å². The van der Waals surface area contributed by atoms with E-state index in [2.05, 4.69) is 4.74 Å². The molecular formula is C4H7ClF2O2. The predicted octanol–water partition coefficient (Wildman–Crippen LogP) is 1.17. The molecule has 0 radical (unpaired) electrons. The van der Waals surface area contributed by atoms with E-state index < -0.39 is 12.4 Å². The smallest absolute Gasteiger partial charge is 0.347 e. The number of rotatable bonds is 3. The Kier molecular flexibility index (Phi) is 3.32. The summed E-state index contributed by atoms with van der Waals surface area (Å²) in [5.41, 5.74) is 0. The van der Waals surface area contributed by atoms with Crippen molar-refractivity contribution in [3.05, 3.63) is 0 Å². The van der Waals surface area contributed by atoms with Crippen LogP contribution >= 0.6 is 11.6 Å². The molecule has 0 aromatic rings. The maximum atomic E-state index is 11.3. The molecule has 0 heterocycles. The summed E-state index contributed by atoms with van der Waals surface area (Å²) in [6.45, 7) is -1.93. The quantitative estimate of drug-likeness (QED) is 0.496. The summed E-state index contributed by atoms with van der Waals surface area (Å²) < 4.78 is 26.2. The highest BCUT2D eigenvalue weighted by atomic mass is 35.5. The highest BCUT2D eigenvalue weighted by Crippen LogP contribution is 2.12. The third-order valence-electron chi connectivity index (χ3n) is 0.591. The molecule has 0 amide bonds. The van der Waals surface area contributed by atoms with Gasteiger partial charge in [-0.2, -0.15) is 8.78 Å². The lowest BCUT2D eigenvalue weighted by Crippen LogP contribution is -2.32. The lowest BCUT2D eigenvalue weighted by molar-refractivity contribution is -0.274. The zero-order valence-electron chi connectivity index (χ0n) is 4.77. The summed E-state index contributed by atoms with van der Waals surface area (Å²) in [5.74, 6) is -2.30. The van der Waals surface area contributed by atoms with E-state index in [4.69, 9.17) is 16.7 Å². The summed E-state index contributed by atoms with van der Waals surface area (Å²) in [7, 11) is 0. The molecule has 2 nitrogen and oxygen atoms in total. The van der Waals surface area contributed by atoms with Gasteiger partial charge in [0.15, 0.2) is 5.79 Å². The topological polar surface area (TPSA) is 29.5 Å². The molecule has 0 aliphatic heterocycles. The molecule has 56 valence electrons. The van der Waals surface area contributed by atoms with E-state index in [-0.39, 0.29) is 5.88 Å². The van der Waals surface area contributed by atoms with Gasteiger partial charge in [-0.25, -0.2) is 0 Å². The first kappa shape index (κ1) is 9.07. The van der Waals surface area contributed by atoms with E-state index in [9.17, 15) is 8.78 Å². The Bertz CT molecular complexity index is 86.6. The van der Waals surface area contributed by atoms with Crippen molar-refractivity contribution in [3.8, 4) is 0 Å². The predicted molar refractivity (Wildman–Crippen MR) is 28.4 cm³/mol. The van der Waals surface area contributed by atoms with Gasteiger partial charge in [-0.3, -0.25) is 4.74 Å². The van der Waals surface area contributed by atoms with Crippen molar-refractivity contribution >= 4 is 11.6 Å². The van der Waals surface area contributed by atoms with Crippen LogP contribution in [0.25, 0.3) is 0 Å². The second-order valence-electron chi connectivity index (χ2n) is 1.69. The van der Waals surface area contributed by atoms with Gasteiger partial charge in [0.25, 0.3) is 0 Å². The minimum Gasteiger partial charge on any atom is -0.365 e. The molecule has 0 aromatic heterocycles. The molecule has 1 unspecified atom stereocenters. The molecule has 1 atom stereocenters. The number of hydrogen-bond donors (Lipinski definition) is 1. The van der Waals surface area contributed by atoms with Crippen molar-refractivity contribution in [1.29, 1.82) is 0 Å². The third-order valence-corrected chi connectivity index (χ3v) is 1.09. The Hall–Kier alpha value is 0.0700. The molecule has 0 saturated carbocycles. The Morgan fingerprint density at radius 2 is 2.22 bits per heavy atom. The lowest BCUT2D eigenvalue weighted by Gasteiger charge is -2.19. The minimum absolute atomic E-state index is 0.378. The van der Waals surface area contributed by atoms with Gasteiger partial charge in [-0.05, 0) is 6.92 Å². The monoisotopic (exact) mass is 160 g/mol. The van der Waals surface area contributed by atoms with Gasteiger partial charge in [-0.15, -0.1) is 11.6 Å². The molecule has 1 N–H and O–H groups in total. The number of ether oxygens (including phenoxy) is 1. The van der Waals surface area contributed by atoms with Crippen LogP contribution in [0.1, 0.15) is 6.92 Å². The average Bonchev–Trinajstić information content (AvgIpc) is 1.63. The molecule has 0 spiro atoms. The Labute approximate surface area is 56.4 Å². The highest BCUT2D eigenvalue weighted by molar-refractivity contribution is 6.18. The zero-order chi connectivity index (χ0) is 7.49. The molecule has 0 aliphatic carbocycles. The Balaban J connectivity index is 3.58. The van der Waals surface area contributed by atoms with Gasteiger partial charge < -0.3 is 5.11 Å². The number of alkyl halides is 3. The first-order chi connectivity index (χ1) is 3.98. The fourth-order valence-electron chi connectivity index (χ4n) is 0.223. The first-order valence-electron chi connectivity index (χ1n) is 2.22. The second-order valence-corrected chi connectivity index (χ2v) is 1.95. The van der Waals surface area contributed by atoms with Crippen LogP contribution in [-0.4, -0.2) is 23.4 Å². The average molecular weight is 161 g/mol. The maximum absolute atomic E-state index is 11.3. The molecule has 0 saturated heterocycles. The fourth-order valence-corrected chi connectivity index (χ4v) is 0.286. The fraction of sp³-hybridized carbons (Fsp3) is 1.00. The Morgan fingerprint density at radius 1 is 1.78 bits per heavy atom. The molecule has 0 aromatic carbocycles. The van der Waals surface area contributed by atoms with E-state index in [1.54, 1.807) is 0 Å². The molecular weight excluding hydrogens is 153 g/mol. The highest BCUT2D eigenvalue weighted by Gasteiger charge is 2.23. The van der Waals surface area contributed by atoms with Crippen molar-refractivity contribution in [1.82, 2.24) is 0 Å². The second kappa shape index (κ2) is 3.29. The number of hydrogen-bond acceptors (Lipinski definition) is 2. The maximum Gasteiger partial charge on any atom is 0.347 e. The van der Waals surface area contributed by atoms with E-state index in [0.29, 0.717) is 0 Å². The van der Waals surface area contributed by atoms with E-state index >= 15 is 0 Å². The van der Waals surface area contributed by atoms with Crippen LogP contribution in [0.15, 0.2) is 0 Å². The van der Waals surface area contributed by atoms with Gasteiger partial charge in [0.2, 0.25) is 0 Å². The van der Waals surface area contributed by atoms with Crippen LogP contribution < -0.4 is 0 Å². The summed E-state index contributed by atoms with van der Waals surface area (Å²) >= 11 is 5.03. The van der Waals surface area contributed by atoms with E-state index in [0.717, 1.165) is 6.92 Å². The SMILES string of the molecule is CC(O)(CCl)OC(F)F. The van der Waals surface area contributed by atoms with E-state index in [1.165, 1.54) is 0 Å². The van der Waals surface area contributed by atoms with Crippen molar-refractivity contribution in [2.45, 2.75) is 19.3 Å². The number of aliphatic hydroxyl groups is 1. The van der Waals surface area contributed by atoms with Gasteiger partial charge in [0, 0.05) is 0 Å². The lowest BCUT2D eigenvalue weighted by atomic mass is 10.4. The van der Waals surface area contributed by atoms with Crippen LogP contribution in [0, 0.1) is 0 Å². The molecule has 0 aliphatic rings. The molecule has 5 heteroatoms. The summed E-state index contributed by atoms with van der Waals surface area (Å²) in [5, 5.41) is 8.66. The number of halogens is 3. The van der Waals surface area contributed by atoms with Crippen molar-refractivity contribution in [3.63, 3.8) is 0 Å². The van der Waals surface area contributed by atoms with Crippen molar-refractivity contribution in [2.24, 2.45) is 0 Å². The largest absolute Gasteiger partial charge is 0.365 e. The standard InChI is InChI=1S/C4H7ClF2O2/c1-4(8,2-5)9-3(6)7/h3,8H,2H2,1H3. The first-order valence-corrected chi connectivity index (χ1v) is 2.76. The van der Waals surface area contributed by atoms with Crippen LogP contribution in [0.2, 0.25) is 0 Å². The van der Waals surface area contributed by atoms with Gasteiger partial charge in [-0.1, -0.05) is 0 Å².